The largest absolute Gasteiger partial charge is 0.494 e. The van der Waals surface area contributed by atoms with Crippen LogP contribution < -0.4 is 10.1 Å². The topological polar surface area (TPSA) is 54.5 Å². The van der Waals surface area contributed by atoms with Crippen LogP contribution in [0.1, 0.15) is 46.7 Å². The van der Waals surface area contributed by atoms with Crippen LogP contribution in [0.2, 0.25) is 5.02 Å². The summed E-state index contributed by atoms with van der Waals surface area (Å²) >= 11 is 6.42. The molecule has 0 radical (unpaired) electrons. The summed E-state index contributed by atoms with van der Waals surface area (Å²) in [5.41, 5.74) is 2.56. The number of amides is 1. The van der Waals surface area contributed by atoms with Gasteiger partial charge in [-0.25, -0.2) is 0 Å². The number of carbonyl (C=O) groups is 1. The summed E-state index contributed by atoms with van der Waals surface area (Å²) in [4.78, 5) is 18.8. The molecule has 48 heavy (non-hydrogen) atoms. The lowest BCUT2D eigenvalue weighted by atomic mass is 9.82. The normalized spacial score (nSPS) is 11.8. The van der Waals surface area contributed by atoms with Crippen molar-refractivity contribution in [1.82, 2.24) is 15.2 Å². The summed E-state index contributed by atoms with van der Waals surface area (Å²) in [7, 11) is 0. The Morgan fingerprint density at radius 3 is 2.17 bits per heavy atom. The number of hydrogen-bond acceptors (Lipinski definition) is 4. The number of rotatable bonds is 14. The molecule has 1 heterocycles. The van der Waals surface area contributed by atoms with Gasteiger partial charge in [-0.15, -0.1) is 0 Å². The molecule has 5 rings (SSSR count). The van der Waals surface area contributed by atoms with E-state index in [1.807, 2.05) is 97.1 Å². The van der Waals surface area contributed by atoms with Gasteiger partial charge < -0.3 is 10.1 Å². The van der Waals surface area contributed by atoms with E-state index in [1.54, 1.807) is 18.5 Å². The Kier molecular flexibility index (Phi) is 11.5. The summed E-state index contributed by atoms with van der Waals surface area (Å²) in [5, 5.41) is 2.62. The smallest absolute Gasteiger partial charge is 0.417 e. The second kappa shape index (κ2) is 16.0. The summed E-state index contributed by atoms with van der Waals surface area (Å²) in [6.07, 6.45) is -0.391. The van der Waals surface area contributed by atoms with Gasteiger partial charge in [-0.05, 0) is 65.4 Å². The molecule has 1 aromatic heterocycles. The first-order valence-electron chi connectivity index (χ1n) is 15.7. The minimum atomic E-state index is -4.57. The second-order valence-electron chi connectivity index (χ2n) is 11.7. The molecule has 0 spiro atoms. The number of carbonyl (C=O) groups excluding carboxylic acids is 1. The fourth-order valence-electron chi connectivity index (χ4n) is 5.79. The molecular formula is C39H37ClF3N3O2. The first-order chi connectivity index (χ1) is 23.1. The molecule has 4 aromatic carbocycles. The molecule has 5 nitrogen and oxygen atoms in total. The number of hydrogen-bond donors (Lipinski definition) is 1. The van der Waals surface area contributed by atoms with Crippen LogP contribution >= 0.6 is 11.6 Å². The number of nitrogens with one attached hydrogen (secondary N) is 1. The quantitative estimate of drug-likeness (QED) is 0.120. The van der Waals surface area contributed by atoms with Crippen LogP contribution in [0.25, 0.3) is 0 Å². The average molecular weight is 672 g/mol. The summed E-state index contributed by atoms with van der Waals surface area (Å²) in [6, 6.07) is 35.0. The lowest BCUT2D eigenvalue weighted by molar-refractivity contribution is -0.137. The van der Waals surface area contributed by atoms with Crippen molar-refractivity contribution in [3.8, 4) is 5.75 Å². The molecule has 0 aliphatic rings. The van der Waals surface area contributed by atoms with Crippen molar-refractivity contribution in [2.45, 2.75) is 44.6 Å². The van der Waals surface area contributed by atoms with Gasteiger partial charge in [0.05, 0.1) is 29.2 Å². The highest BCUT2D eigenvalue weighted by Crippen LogP contribution is 2.40. The minimum absolute atomic E-state index is 0.110. The van der Waals surface area contributed by atoms with Gasteiger partial charge in [0, 0.05) is 32.0 Å². The van der Waals surface area contributed by atoms with Crippen LogP contribution in [0.5, 0.6) is 5.75 Å². The molecular weight excluding hydrogens is 635 g/mol. The average Bonchev–Trinajstić information content (AvgIpc) is 3.10. The third-order valence-electron chi connectivity index (χ3n) is 8.37. The van der Waals surface area contributed by atoms with Crippen LogP contribution in [0.15, 0.2) is 128 Å². The second-order valence-corrected chi connectivity index (χ2v) is 12.0. The zero-order valence-corrected chi connectivity index (χ0v) is 27.3. The molecule has 0 atom stereocenters. The maximum absolute atomic E-state index is 13.8. The third kappa shape index (κ3) is 8.82. The fraction of sp³-hybridized carbons (Fsp3) is 0.231. The Morgan fingerprint density at radius 1 is 0.854 bits per heavy atom. The summed E-state index contributed by atoms with van der Waals surface area (Å²) in [5.74, 6) is 0.523. The van der Waals surface area contributed by atoms with Crippen LogP contribution in [0.3, 0.4) is 0 Å². The van der Waals surface area contributed by atoms with Gasteiger partial charge >= 0.3 is 6.18 Å². The lowest BCUT2D eigenvalue weighted by Gasteiger charge is -2.43. The van der Waals surface area contributed by atoms with Gasteiger partial charge in [0.1, 0.15) is 5.75 Å². The molecule has 0 bridgehead atoms. The molecule has 0 aliphatic carbocycles. The van der Waals surface area contributed by atoms with Crippen molar-refractivity contribution < 1.29 is 22.7 Å². The van der Waals surface area contributed by atoms with Gasteiger partial charge in [0.25, 0.3) is 0 Å². The Hall–Kier alpha value is -4.66. The molecule has 1 N–H and O–H groups in total. The fourth-order valence-corrected chi connectivity index (χ4v) is 6.08. The van der Waals surface area contributed by atoms with E-state index >= 15 is 0 Å². The van der Waals surface area contributed by atoms with Crippen LogP contribution in [0, 0.1) is 0 Å². The number of benzene rings is 4. The highest BCUT2D eigenvalue weighted by molar-refractivity contribution is 6.32. The Morgan fingerprint density at radius 2 is 1.52 bits per heavy atom. The molecule has 0 saturated heterocycles. The van der Waals surface area contributed by atoms with Crippen LogP contribution in [0.4, 0.5) is 13.2 Å². The third-order valence-corrected chi connectivity index (χ3v) is 8.81. The first-order valence-corrected chi connectivity index (χ1v) is 16.1. The van der Waals surface area contributed by atoms with Crippen molar-refractivity contribution in [2.24, 2.45) is 0 Å². The van der Waals surface area contributed by atoms with E-state index in [2.05, 4.69) is 22.1 Å². The Balaban J connectivity index is 1.32. The number of ether oxygens (including phenoxy) is 1. The molecule has 0 fully saturated rings. The molecule has 248 valence electrons. The highest BCUT2D eigenvalue weighted by Gasteiger charge is 2.38. The zero-order valence-electron chi connectivity index (χ0n) is 26.6. The number of pyridine rings is 1. The zero-order chi connectivity index (χ0) is 34.0. The van der Waals surface area contributed by atoms with Gasteiger partial charge in [-0.2, -0.15) is 13.2 Å². The number of aromatic nitrogens is 1. The van der Waals surface area contributed by atoms with Crippen molar-refractivity contribution in [3.05, 3.63) is 166 Å². The van der Waals surface area contributed by atoms with E-state index in [0.29, 0.717) is 37.4 Å². The van der Waals surface area contributed by atoms with Crippen LogP contribution in [-0.4, -0.2) is 28.9 Å². The molecule has 1 amide bonds. The van der Waals surface area contributed by atoms with E-state index in [4.69, 9.17) is 16.3 Å². The highest BCUT2D eigenvalue weighted by atomic mass is 35.5. The Bertz CT molecular complexity index is 1730. The van der Waals surface area contributed by atoms with Crippen molar-refractivity contribution >= 4 is 17.5 Å². The predicted molar refractivity (Wildman–Crippen MR) is 183 cm³/mol. The maximum atomic E-state index is 13.8. The van der Waals surface area contributed by atoms with Gasteiger partial charge in [0.2, 0.25) is 5.91 Å². The molecule has 5 aromatic rings. The standard InChI is InChI=1S/C39H37ClF3N3O2/c1-38(32-15-4-2-5-16-32,33-17-6-3-7-18-33)46(28-31-14-9-20-35(37(31)40)39(41,42)43)22-11-23-48-34-19-8-12-29(24-34)25-36(47)45-27-30-13-10-21-44-26-30/h2-10,12-21,24,26H,11,22-23,25,27-28H2,1H3,(H,45,47). The van der Waals surface area contributed by atoms with E-state index in [9.17, 15) is 18.0 Å². The minimum Gasteiger partial charge on any atom is -0.494 e. The number of nitrogens with zero attached hydrogens (tertiary/aromatic N) is 2. The van der Waals surface area contributed by atoms with Gasteiger partial charge in [-0.1, -0.05) is 103 Å². The maximum Gasteiger partial charge on any atom is 0.417 e. The van der Waals surface area contributed by atoms with E-state index in [1.165, 1.54) is 6.07 Å². The van der Waals surface area contributed by atoms with Gasteiger partial charge in [0.15, 0.2) is 0 Å². The van der Waals surface area contributed by atoms with E-state index in [0.717, 1.165) is 28.3 Å². The number of halogens is 4. The molecule has 0 unspecified atom stereocenters. The molecule has 9 heteroatoms. The first kappa shape index (κ1) is 34.7. The van der Waals surface area contributed by atoms with Crippen molar-refractivity contribution in [2.75, 3.05) is 13.2 Å². The van der Waals surface area contributed by atoms with Crippen LogP contribution in [-0.2, 0) is 36.0 Å². The van der Waals surface area contributed by atoms with E-state index in [-0.39, 0.29) is 23.9 Å². The Labute approximate surface area is 284 Å². The molecule has 0 aliphatic heterocycles. The lowest BCUT2D eigenvalue weighted by Crippen LogP contribution is -2.45. The van der Waals surface area contributed by atoms with E-state index < -0.39 is 17.3 Å². The summed E-state index contributed by atoms with van der Waals surface area (Å²) < 4.78 is 47.6. The van der Waals surface area contributed by atoms with Gasteiger partial charge in [-0.3, -0.25) is 14.7 Å². The van der Waals surface area contributed by atoms with Crippen molar-refractivity contribution in [1.29, 1.82) is 0 Å². The molecule has 0 saturated carbocycles. The SMILES string of the molecule is CC(c1ccccc1)(c1ccccc1)N(CCCOc1cccc(CC(=O)NCc2cccnc2)c1)Cc1cccc(C(F)(F)F)c1Cl. The predicted octanol–water partition coefficient (Wildman–Crippen LogP) is 8.85. The monoisotopic (exact) mass is 671 g/mol. The van der Waals surface area contributed by atoms with Crippen molar-refractivity contribution in [3.63, 3.8) is 0 Å². The summed E-state index contributed by atoms with van der Waals surface area (Å²) in [6.45, 7) is 3.50. The number of alkyl halides is 3.